The maximum absolute atomic E-state index is 10.6. The number of carbonyl (C=O) groups excluding carboxylic acids is 1. The Morgan fingerprint density at radius 2 is 1.82 bits per heavy atom. The van der Waals surface area contributed by atoms with Gasteiger partial charge in [-0.3, -0.25) is 4.79 Å². The van der Waals surface area contributed by atoms with Crippen molar-refractivity contribution in [3.05, 3.63) is 0 Å². The summed E-state index contributed by atoms with van der Waals surface area (Å²) in [4.78, 5) is 10.6. The van der Waals surface area contributed by atoms with Crippen LogP contribution in [0.1, 0.15) is 41.0 Å². The highest BCUT2D eigenvalue weighted by molar-refractivity contribution is 5.81. The van der Waals surface area contributed by atoms with Crippen LogP contribution in [-0.2, 0) is 4.79 Å². The second kappa shape index (κ2) is 7.73. The Morgan fingerprint density at radius 1 is 1.45 bits per heavy atom. The fraction of sp³-hybridized carbons (Fsp3) is 0.889. The van der Waals surface area contributed by atoms with E-state index in [0.717, 1.165) is 6.42 Å². The van der Waals surface area contributed by atoms with Crippen LogP contribution in [0.3, 0.4) is 0 Å². The van der Waals surface area contributed by atoms with E-state index in [9.17, 15) is 4.79 Å². The summed E-state index contributed by atoms with van der Waals surface area (Å²) in [6.45, 7) is 9.57. The Hall–Kier alpha value is -0.370. The molecule has 2 atom stereocenters. The third-order valence-electron chi connectivity index (χ3n) is 1.73. The van der Waals surface area contributed by atoms with Gasteiger partial charge in [0.2, 0.25) is 0 Å². The van der Waals surface area contributed by atoms with E-state index in [4.69, 9.17) is 5.73 Å². The standard InChI is InChI=1S/C7H15NO.C2H6/c1-4-5(2)7(8)6(3)9;1-2/h5,7H,4,8H2,1-3H3;1-2H3/t5-,7?;/m1./s1. The van der Waals surface area contributed by atoms with Crippen molar-refractivity contribution >= 4 is 5.78 Å². The van der Waals surface area contributed by atoms with E-state index in [1.807, 2.05) is 27.7 Å². The minimum atomic E-state index is -0.255. The van der Waals surface area contributed by atoms with Gasteiger partial charge in [0.25, 0.3) is 0 Å². The molecule has 0 aliphatic heterocycles. The van der Waals surface area contributed by atoms with Gasteiger partial charge in [0.15, 0.2) is 0 Å². The summed E-state index contributed by atoms with van der Waals surface area (Å²) in [7, 11) is 0. The molecule has 0 bridgehead atoms. The molecule has 2 N–H and O–H groups in total. The Bertz CT molecular complexity index is 102. The van der Waals surface area contributed by atoms with Crippen molar-refractivity contribution in [2.45, 2.75) is 47.1 Å². The van der Waals surface area contributed by atoms with E-state index in [0.29, 0.717) is 5.92 Å². The van der Waals surface area contributed by atoms with Crippen molar-refractivity contribution in [1.82, 2.24) is 0 Å². The Morgan fingerprint density at radius 3 is 1.91 bits per heavy atom. The average Bonchev–Trinajstić information content (AvgIpc) is 2.05. The fourth-order valence-electron chi connectivity index (χ4n) is 0.655. The maximum Gasteiger partial charge on any atom is 0.146 e. The van der Waals surface area contributed by atoms with Crippen LogP contribution in [0, 0.1) is 5.92 Å². The molecule has 0 radical (unpaired) electrons. The Kier molecular flexibility index (Phi) is 9.31. The lowest BCUT2D eigenvalue weighted by Crippen LogP contribution is -2.34. The van der Waals surface area contributed by atoms with Gasteiger partial charge in [-0.1, -0.05) is 34.1 Å². The second-order valence-corrected chi connectivity index (χ2v) is 2.52. The fourth-order valence-corrected chi connectivity index (χ4v) is 0.655. The molecule has 0 saturated heterocycles. The van der Waals surface area contributed by atoms with E-state index >= 15 is 0 Å². The number of Topliss-reactive ketones (excluding diaryl/α,β-unsaturated/α-hetero) is 1. The third-order valence-corrected chi connectivity index (χ3v) is 1.73. The number of nitrogens with two attached hydrogens (primary N) is 1. The number of ketones is 1. The van der Waals surface area contributed by atoms with E-state index in [1.165, 1.54) is 6.92 Å². The third kappa shape index (κ3) is 6.05. The summed E-state index contributed by atoms with van der Waals surface area (Å²) < 4.78 is 0. The Labute approximate surface area is 70.2 Å². The number of hydrogen-bond donors (Lipinski definition) is 1. The largest absolute Gasteiger partial charge is 0.321 e. The summed E-state index contributed by atoms with van der Waals surface area (Å²) in [5.41, 5.74) is 5.52. The normalized spacial score (nSPS) is 14.4. The van der Waals surface area contributed by atoms with E-state index < -0.39 is 0 Å². The van der Waals surface area contributed by atoms with Gasteiger partial charge in [-0.05, 0) is 12.8 Å². The van der Waals surface area contributed by atoms with E-state index in [1.54, 1.807) is 0 Å². The van der Waals surface area contributed by atoms with Crippen LogP contribution in [0.4, 0.5) is 0 Å². The van der Waals surface area contributed by atoms with Crippen LogP contribution >= 0.6 is 0 Å². The number of hydrogen-bond acceptors (Lipinski definition) is 2. The molecule has 0 heterocycles. The molecule has 0 aliphatic carbocycles. The topological polar surface area (TPSA) is 43.1 Å². The first-order valence-electron chi connectivity index (χ1n) is 4.35. The molecule has 0 spiro atoms. The first-order chi connectivity index (χ1) is 5.09. The van der Waals surface area contributed by atoms with Crippen LogP contribution in [0.25, 0.3) is 0 Å². The lowest BCUT2D eigenvalue weighted by atomic mass is 9.97. The molecule has 0 aliphatic rings. The van der Waals surface area contributed by atoms with Gasteiger partial charge in [-0.25, -0.2) is 0 Å². The molecule has 0 aromatic heterocycles. The summed E-state index contributed by atoms with van der Waals surface area (Å²) in [6, 6.07) is -0.255. The zero-order chi connectivity index (χ0) is 9.44. The molecular weight excluding hydrogens is 138 g/mol. The van der Waals surface area contributed by atoms with Crippen LogP contribution in [0.15, 0.2) is 0 Å². The van der Waals surface area contributed by atoms with Gasteiger partial charge in [-0.15, -0.1) is 0 Å². The predicted molar refractivity (Wildman–Crippen MR) is 49.5 cm³/mol. The SMILES string of the molecule is CC.CC[C@@H](C)C(N)C(C)=O. The van der Waals surface area contributed by atoms with Crippen molar-refractivity contribution in [2.24, 2.45) is 11.7 Å². The van der Waals surface area contributed by atoms with Gasteiger partial charge in [-0.2, -0.15) is 0 Å². The van der Waals surface area contributed by atoms with Gasteiger partial charge < -0.3 is 5.73 Å². The molecule has 0 aromatic rings. The molecule has 0 saturated carbocycles. The number of rotatable bonds is 3. The lowest BCUT2D eigenvalue weighted by molar-refractivity contribution is -0.119. The summed E-state index contributed by atoms with van der Waals surface area (Å²) >= 11 is 0. The highest BCUT2D eigenvalue weighted by Crippen LogP contribution is 2.04. The first kappa shape index (κ1) is 13.2. The van der Waals surface area contributed by atoms with Gasteiger partial charge in [0, 0.05) is 0 Å². The van der Waals surface area contributed by atoms with Crippen molar-refractivity contribution in [2.75, 3.05) is 0 Å². The lowest BCUT2D eigenvalue weighted by Gasteiger charge is -2.13. The van der Waals surface area contributed by atoms with Crippen molar-refractivity contribution in [3.8, 4) is 0 Å². The molecule has 0 rings (SSSR count). The zero-order valence-electron chi connectivity index (χ0n) is 8.35. The highest BCUT2D eigenvalue weighted by Gasteiger charge is 2.14. The van der Waals surface area contributed by atoms with Crippen molar-refractivity contribution in [3.63, 3.8) is 0 Å². The van der Waals surface area contributed by atoms with Crippen LogP contribution in [0.5, 0.6) is 0 Å². The van der Waals surface area contributed by atoms with Crippen molar-refractivity contribution in [1.29, 1.82) is 0 Å². The molecule has 2 heteroatoms. The quantitative estimate of drug-likeness (QED) is 0.684. The zero-order valence-corrected chi connectivity index (χ0v) is 8.35. The van der Waals surface area contributed by atoms with Crippen LogP contribution < -0.4 is 5.73 Å². The first-order valence-corrected chi connectivity index (χ1v) is 4.35. The summed E-state index contributed by atoms with van der Waals surface area (Å²) in [5, 5.41) is 0. The number of carbonyl (C=O) groups is 1. The summed E-state index contributed by atoms with van der Waals surface area (Å²) in [6.07, 6.45) is 0.973. The van der Waals surface area contributed by atoms with Crippen LogP contribution in [0.2, 0.25) is 0 Å². The van der Waals surface area contributed by atoms with Crippen molar-refractivity contribution < 1.29 is 4.79 Å². The molecule has 2 nitrogen and oxygen atoms in total. The Balaban J connectivity index is 0. The maximum atomic E-state index is 10.6. The summed E-state index contributed by atoms with van der Waals surface area (Å²) in [5.74, 6) is 0.409. The molecule has 68 valence electrons. The molecule has 0 fully saturated rings. The van der Waals surface area contributed by atoms with E-state index in [-0.39, 0.29) is 11.8 Å². The smallest absolute Gasteiger partial charge is 0.146 e. The van der Waals surface area contributed by atoms with E-state index in [2.05, 4.69) is 0 Å². The van der Waals surface area contributed by atoms with Gasteiger partial charge in [0.05, 0.1) is 6.04 Å². The molecule has 11 heavy (non-hydrogen) atoms. The minimum Gasteiger partial charge on any atom is -0.321 e. The monoisotopic (exact) mass is 159 g/mol. The van der Waals surface area contributed by atoms with Crippen LogP contribution in [-0.4, -0.2) is 11.8 Å². The van der Waals surface area contributed by atoms with Gasteiger partial charge >= 0.3 is 0 Å². The second-order valence-electron chi connectivity index (χ2n) is 2.52. The van der Waals surface area contributed by atoms with Gasteiger partial charge in [0.1, 0.15) is 5.78 Å². The molecule has 0 aromatic carbocycles. The highest BCUT2D eigenvalue weighted by atomic mass is 16.1. The average molecular weight is 159 g/mol. The predicted octanol–water partition coefficient (Wildman–Crippen LogP) is 1.98. The molecular formula is C9H21NO. The minimum absolute atomic E-state index is 0.0874. The molecule has 0 amide bonds. The molecule has 1 unspecified atom stereocenters.